The number of esters is 1. The topological polar surface area (TPSA) is 181 Å². The Bertz CT molecular complexity index is 749. The molecule has 0 aromatic carbocycles. The van der Waals surface area contributed by atoms with Crippen LogP contribution in [-0.4, -0.2) is 101 Å². The third-order valence-electron chi connectivity index (χ3n) is 5.60. The average Bonchev–Trinajstić information content (AvgIpc) is 2.80. The van der Waals surface area contributed by atoms with Gasteiger partial charge in [0.2, 0.25) is 11.8 Å². The number of aliphatic hydroxyl groups excluding tert-OH is 3. The van der Waals surface area contributed by atoms with E-state index in [4.69, 9.17) is 9.47 Å². The number of thioether (sulfide) groups is 1. The largest absolute Gasteiger partial charge is 0.469 e. The zero-order valence-corrected chi connectivity index (χ0v) is 22.9. The van der Waals surface area contributed by atoms with Crippen LogP contribution in [0.1, 0.15) is 59.3 Å². The lowest BCUT2D eigenvalue weighted by atomic mass is 9.85. The van der Waals surface area contributed by atoms with E-state index in [0.717, 1.165) is 11.8 Å². The van der Waals surface area contributed by atoms with E-state index in [9.17, 15) is 34.5 Å². The molecule has 2 amide bonds. The summed E-state index contributed by atoms with van der Waals surface area (Å²) in [6.45, 7) is 5.76. The van der Waals surface area contributed by atoms with Gasteiger partial charge in [0.1, 0.15) is 6.10 Å². The monoisotopic (exact) mass is 550 g/mol. The molecule has 0 aromatic heterocycles. The van der Waals surface area contributed by atoms with E-state index in [1.54, 1.807) is 6.92 Å². The van der Waals surface area contributed by atoms with Gasteiger partial charge in [-0.05, 0) is 19.8 Å². The number of methoxy groups -OCH3 is 1. The third kappa shape index (κ3) is 14.1. The summed E-state index contributed by atoms with van der Waals surface area (Å²) >= 11 is 1.03. The third-order valence-corrected chi connectivity index (χ3v) is 6.53. The molecule has 5 N–H and O–H groups in total. The smallest absolute Gasteiger partial charge is 0.305 e. The average molecular weight is 551 g/mol. The first-order valence-corrected chi connectivity index (χ1v) is 13.4. The maximum atomic E-state index is 12.8. The summed E-state index contributed by atoms with van der Waals surface area (Å²) < 4.78 is 15.9. The molecule has 37 heavy (non-hydrogen) atoms. The number of ether oxygens (including phenoxy) is 3. The molecule has 1 aliphatic heterocycles. The van der Waals surface area contributed by atoms with E-state index < -0.39 is 48.0 Å². The van der Waals surface area contributed by atoms with Gasteiger partial charge in [0.25, 0.3) is 0 Å². The van der Waals surface area contributed by atoms with Gasteiger partial charge in [-0.1, -0.05) is 25.6 Å². The standard InChI is InChI=1S/C24H42N2O10S/c1-15(27)11-16(28)12-17(29)13-21-35-14-24(2,3)22(36-21)23(33)26-8-7-18(30)25-9-10-37-20(32)6-5-19(31)34-4/h15-17,21-22,27-29H,5-14H2,1-4H3,(H,25,30)(H,26,33)/t15?,16?,17?,21?,22-/m0/s1. The lowest BCUT2D eigenvalue weighted by molar-refractivity contribution is -0.261. The zero-order chi connectivity index (χ0) is 28.0. The van der Waals surface area contributed by atoms with Gasteiger partial charge in [0.05, 0.1) is 38.4 Å². The Morgan fingerprint density at radius 2 is 1.73 bits per heavy atom. The summed E-state index contributed by atoms with van der Waals surface area (Å²) in [5.41, 5.74) is -0.642. The van der Waals surface area contributed by atoms with Crippen molar-refractivity contribution in [3.8, 4) is 0 Å². The first kappa shape index (κ1) is 33.3. The molecule has 1 saturated heterocycles. The lowest BCUT2D eigenvalue weighted by Crippen LogP contribution is -2.54. The molecule has 0 aromatic rings. The predicted octanol–water partition coefficient (Wildman–Crippen LogP) is -0.137. The Morgan fingerprint density at radius 3 is 2.38 bits per heavy atom. The van der Waals surface area contributed by atoms with Crippen LogP contribution < -0.4 is 10.6 Å². The lowest BCUT2D eigenvalue weighted by Gasteiger charge is -2.41. The number of nitrogens with one attached hydrogen (secondary N) is 2. The summed E-state index contributed by atoms with van der Waals surface area (Å²) in [4.78, 5) is 47.5. The molecule has 1 aliphatic rings. The van der Waals surface area contributed by atoms with Crippen molar-refractivity contribution in [1.29, 1.82) is 0 Å². The number of carbonyl (C=O) groups is 4. The van der Waals surface area contributed by atoms with Crippen LogP contribution in [0.4, 0.5) is 0 Å². The van der Waals surface area contributed by atoms with Crippen LogP contribution in [0.25, 0.3) is 0 Å². The van der Waals surface area contributed by atoms with Crippen molar-refractivity contribution in [3.63, 3.8) is 0 Å². The van der Waals surface area contributed by atoms with E-state index in [-0.39, 0.29) is 69.2 Å². The second-order valence-electron chi connectivity index (χ2n) is 9.80. The van der Waals surface area contributed by atoms with Crippen LogP contribution in [0.15, 0.2) is 0 Å². The van der Waals surface area contributed by atoms with Crippen LogP contribution in [0.5, 0.6) is 0 Å². The van der Waals surface area contributed by atoms with Crippen molar-refractivity contribution in [1.82, 2.24) is 10.6 Å². The fourth-order valence-electron chi connectivity index (χ4n) is 3.64. The van der Waals surface area contributed by atoms with Crippen molar-refractivity contribution in [2.45, 2.75) is 90.0 Å². The second kappa shape index (κ2) is 16.9. The van der Waals surface area contributed by atoms with Crippen LogP contribution in [0, 0.1) is 5.41 Å². The highest BCUT2D eigenvalue weighted by Crippen LogP contribution is 2.32. The highest BCUT2D eigenvalue weighted by Gasteiger charge is 2.43. The first-order chi connectivity index (χ1) is 17.3. The highest BCUT2D eigenvalue weighted by molar-refractivity contribution is 8.13. The van der Waals surface area contributed by atoms with Gasteiger partial charge in [0.15, 0.2) is 11.4 Å². The number of hydrogen-bond donors (Lipinski definition) is 5. The van der Waals surface area contributed by atoms with Crippen LogP contribution in [-0.2, 0) is 33.4 Å². The van der Waals surface area contributed by atoms with Gasteiger partial charge in [-0.2, -0.15) is 0 Å². The maximum Gasteiger partial charge on any atom is 0.305 e. The Kier molecular flexibility index (Phi) is 15.2. The number of amides is 2. The Balaban J connectivity index is 2.34. The van der Waals surface area contributed by atoms with Crippen molar-refractivity contribution in [2.75, 3.05) is 32.6 Å². The predicted molar refractivity (Wildman–Crippen MR) is 135 cm³/mol. The molecule has 13 heteroatoms. The number of rotatable bonds is 16. The molecule has 1 heterocycles. The normalized spacial score (nSPS) is 21.4. The minimum absolute atomic E-state index is 0.0243. The Labute approximate surface area is 222 Å². The van der Waals surface area contributed by atoms with Gasteiger partial charge in [0, 0.05) is 43.5 Å². The summed E-state index contributed by atoms with van der Waals surface area (Å²) in [6.07, 6.45) is -3.81. The minimum Gasteiger partial charge on any atom is -0.469 e. The minimum atomic E-state index is -0.936. The summed E-state index contributed by atoms with van der Waals surface area (Å²) in [5.74, 6) is -0.769. The molecule has 0 saturated carbocycles. The van der Waals surface area contributed by atoms with Crippen molar-refractivity contribution >= 4 is 34.7 Å². The fourth-order valence-corrected chi connectivity index (χ4v) is 4.31. The van der Waals surface area contributed by atoms with Gasteiger partial charge < -0.3 is 40.2 Å². The molecule has 1 rings (SSSR count). The van der Waals surface area contributed by atoms with Gasteiger partial charge in [-0.3, -0.25) is 19.2 Å². The molecule has 0 aliphatic carbocycles. The van der Waals surface area contributed by atoms with E-state index in [1.165, 1.54) is 7.11 Å². The summed E-state index contributed by atoms with van der Waals surface area (Å²) in [5, 5.41) is 34.7. The molecular formula is C24H42N2O10S. The fraction of sp³-hybridized carbons (Fsp3) is 0.833. The van der Waals surface area contributed by atoms with Crippen LogP contribution in [0.2, 0.25) is 0 Å². The SMILES string of the molecule is COC(=O)CCC(=O)SCCNC(=O)CCNC(=O)[C@@H]1OC(CC(O)CC(O)CC(C)O)OCC1(C)C. The number of aliphatic hydroxyl groups is 3. The quantitative estimate of drug-likeness (QED) is 0.127. The molecule has 12 nitrogen and oxygen atoms in total. The van der Waals surface area contributed by atoms with Gasteiger partial charge >= 0.3 is 5.97 Å². The second-order valence-corrected chi connectivity index (χ2v) is 10.9. The maximum absolute atomic E-state index is 12.8. The molecule has 0 radical (unpaired) electrons. The molecule has 0 bridgehead atoms. The zero-order valence-electron chi connectivity index (χ0n) is 22.1. The van der Waals surface area contributed by atoms with Crippen molar-refractivity contribution < 1.29 is 48.7 Å². The summed E-state index contributed by atoms with van der Waals surface area (Å²) in [6, 6.07) is 0. The molecule has 5 atom stereocenters. The van der Waals surface area contributed by atoms with Gasteiger partial charge in [-0.25, -0.2) is 0 Å². The van der Waals surface area contributed by atoms with Crippen LogP contribution >= 0.6 is 11.8 Å². The Hall–Kier alpha value is -1.77. The number of carbonyl (C=O) groups excluding carboxylic acids is 4. The molecular weight excluding hydrogens is 508 g/mol. The highest BCUT2D eigenvalue weighted by atomic mass is 32.2. The van der Waals surface area contributed by atoms with E-state index in [1.807, 2.05) is 13.8 Å². The van der Waals surface area contributed by atoms with Crippen molar-refractivity contribution in [2.24, 2.45) is 5.41 Å². The van der Waals surface area contributed by atoms with E-state index in [0.29, 0.717) is 5.75 Å². The van der Waals surface area contributed by atoms with Gasteiger partial charge in [-0.15, -0.1) is 0 Å². The molecule has 4 unspecified atom stereocenters. The number of hydrogen-bond acceptors (Lipinski definition) is 11. The Morgan fingerprint density at radius 1 is 1.03 bits per heavy atom. The van der Waals surface area contributed by atoms with E-state index in [2.05, 4.69) is 15.4 Å². The van der Waals surface area contributed by atoms with E-state index >= 15 is 0 Å². The molecule has 0 spiro atoms. The first-order valence-electron chi connectivity index (χ1n) is 12.4. The van der Waals surface area contributed by atoms with Crippen molar-refractivity contribution in [3.05, 3.63) is 0 Å². The van der Waals surface area contributed by atoms with Crippen LogP contribution in [0.3, 0.4) is 0 Å². The molecule has 1 fully saturated rings. The molecule has 214 valence electrons. The summed E-state index contributed by atoms with van der Waals surface area (Å²) in [7, 11) is 1.26.